The van der Waals surface area contributed by atoms with Gasteiger partial charge in [0.05, 0.1) is 5.75 Å². The number of amides is 1. The molecule has 1 aliphatic heterocycles. The maximum atomic E-state index is 12.3. The van der Waals surface area contributed by atoms with Crippen LogP contribution in [0, 0.1) is 0 Å². The van der Waals surface area contributed by atoms with Crippen molar-refractivity contribution in [2.45, 2.75) is 32.1 Å². The maximum absolute atomic E-state index is 12.3. The number of rotatable bonds is 6. The molecule has 132 valence electrons. The number of carbonyl (C=O) groups excluding carboxylic acids is 1. The molecule has 1 aromatic carbocycles. The van der Waals surface area contributed by atoms with Crippen LogP contribution in [-0.2, 0) is 11.2 Å². The van der Waals surface area contributed by atoms with E-state index in [1.807, 2.05) is 12.1 Å². The van der Waals surface area contributed by atoms with Crippen LogP contribution in [0.1, 0.15) is 36.1 Å². The fourth-order valence-corrected chi connectivity index (χ4v) is 4.78. The number of benzene rings is 1. The van der Waals surface area contributed by atoms with Crippen LogP contribution in [-0.4, -0.2) is 17.5 Å². The van der Waals surface area contributed by atoms with E-state index < -0.39 is 0 Å². The molecule has 1 amide bonds. The summed E-state index contributed by atoms with van der Waals surface area (Å²) in [5.74, 6) is 1.27. The van der Waals surface area contributed by atoms with E-state index in [9.17, 15) is 4.79 Å². The van der Waals surface area contributed by atoms with E-state index >= 15 is 0 Å². The van der Waals surface area contributed by atoms with Crippen molar-refractivity contribution in [2.24, 2.45) is 4.99 Å². The van der Waals surface area contributed by atoms with Gasteiger partial charge in [-0.05, 0) is 30.7 Å². The number of thiophene rings is 1. The van der Waals surface area contributed by atoms with Crippen LogP contribution in [0.5, 0.6) is 0 Å². The lowest BCUT2D eigenvalue weighted by Crippen LogP contribution is -2.19. The number of aliphatic imine (C=N–C) groups is 1. The van der Waals surface area contributed by atoms with E-state index in [2.05, 4.69) is 30.5 Å². The van der Waals surface area contributed by atoms with Crippen LogP contribution in [0.15, 0.2) is 35.3 Å². The zero-order valence-electron chi connectivity index (χ0n) is 14.1. The molecular formula is C18H20ClN3OS2. The molecule has 1 aromatic heterocycles. The van der Waals surface area contributed by atoms with Crippen molar-refractivity contribution in [1.29, 1.82) is 0 Å². The molecule has 0 fully saturated rings. The van der Waals surface area contributed by atoms with E-state index in [-0.39, 0.29) is 11.3 Å². The fourth-order valence-electron chi connectivity index (χ4n) is 2.51. The summed E-state index contributed by atoms with van der Waals surface area (Å²) < 4.78 is 0. The van der Waals surface area contributed by atoms with Gasteiger partial charge in [0.2, 0.25) is 5.91 Å². The van der Waals surface area contributed by atoms with E-state index in [0.29, 0.717) is 16.5 Å². The number of nitrogens with zero attached hydrogens (tertiary/aromatic N) is 1. The first kappa shape index (κ1) is 18.3. The lowest BCUT2D eigenvalue weighted by Gasteiger charge is -2.21. The summed E-state index contributed by atoms with van der Waals surface area (Å²) in [7, 11) is 0. The summed E-state index contributed by atoms with van der Waals surface area (Å²) in [6.45, 7) is 4.23. The minimum absolute atomic E-state index is 0.0344. The zero-order valence-corrected chi connectivity index (χ0v) is 16.5. The molecule has 4 nitrogen and oxygen atoms in total. The first-order valence-electron chi connectivity index (χ1n) is 8.22. The van der Waals surface area contributed by atoms with Gasteiger partial charge in [-0.3, -0.25) is 9.79 Å². The number of halogens is 1. The summed E-state index contributed by atoms with van der Waals surface area (Å²) in [5.41, 5.74) is 1.89. The molecule has 0 saturated carbocycles. The quantitative estimate of drug-likeness (QED) is 0.674. The average molecular weight is 394 g/mol. The molecule has 0 spiro atoms. The fraction of sp³-hybridized carbons (Fsp3) is 0.333. The van der Waals surface area contributed by atoms with Gasteiger partial charge in [0.25, 0.3) is 0 Å². The molecule has 7 heteroatoms. The molecular weight excluding hydrogens is 374 g/mol. The molecule has 2 heterocycles. The number of fused-ring (bicyclic) bond motifs is 1. The minimum Gasteiger partial charge on any atom is -0.335 e. The van der Waals surface area contributed by atoms with Crippen LogP contribution in [0.3, 0.4) is 0 Å². The molecule has 2 aromatic rings. The average Bonchev–Trinajstić information content (AvgIpc) is 3.02. The first-order chi connectivity index (χ1) is 12.1. The molecule has 1 aliphatic rings. The smallest absolute Gasteiger partial charge is 0.234 e. The Morgan fingerprint density at radius 2 is 2.20 bits per heavy atom. The van der Waals surface area contributed by atoms with Gasteiger partial charge in [0.1, 0.15) is 16.2 Å². The molecule has 0 aliphatic carbocycles. The number of amidine groups is 1. The van der Waals surface area contributed by atoms with E-state index in [1.54, 1.807) is 35.2 Å². The molecule has 0 saturated heterocycles. The Balaban J connectivity index is 1.66. The molecule has 1 atom stereocenters. The molecule has 3 rings (SSSR count). The molecule has 0 radical (unpaired) electrons. The molecule has 1 unspecified atom stereocenters. The molecule has 0 bridgehead atoms. The summed E-state index contributed by atoms with van der Waals surface area (Å²) in [5, 5.41) is 8.02. The summed E-state index contributed by atoms with van der Waals surface area (Å²) in [6, 6.07) is 9.38. The van der Waals surface area contributed by atoms with Crippen LogP contribution >= 0.6 is 34.7 Å². The number of hydrogen-bond acceptors (Lipinski definition) is 5. The van der Waals surface area contributed by atoms with Gasteiger partial charge >= 0.3 is 0 Å². The number of nitrogens with one attached hydrogen (secondary N) is 2. The van der Waals surface area contributed by atoms with E-state index in [1.165, 1.54) is 10.4 Å². The Labute approximate surface area is 161 Å². The van der Waals surface area contributed by atoms with Crippen LogP contribution in [0.25, 0.3) is 0 Å². The third kappa shape index (κ3) is 4.57. The Morgan fingerprint density at radius 1 is 1.36 bits per heavy atom. The minimum atomic E-state index is -0.0495. The third-order valence-electron chi connectivity index (χ3n) is 3.77. The Hall–Kier alpha value is -1.50. The number of carbonyl (C=O) groups is 1. The van der Waals surface area contributed by atoms with Crippen LogP contribution in [0.4, 0.5) is 10.7 Å². The predicted molar refractivity (Wildman–Crippen MR) is 110 cm³/mol. The van der Waals surface area contributed by atoms with Crippen LogP contribution in [0.2, 0.25) is 5.02 Å². The Morgan fingerprint density at radius 3 is 2.92 bits per heavy atom. The van der Waals surface area contributed by atoms with Gasteiger partial charge in [-0.25, -0.2) is 0 Å². The van der Waals surface area contributed by atoms with Gasteiger partial charge in [0, 0.05) is 27.6 Å². The maximum Gasteiger partial charge on any atom is 0.234 e. The third-order valence-corrected chi connectivity index (χ3v) is 6.32. The highest BCUT2D eigenvalue weighted by molar-refractivity contribution is 8.00. The largest absolute Gasteiger partial charge is 0.335 e. The topological polar surface area (TPSA) is 53.5 Å². The van der Waals surface area contributed by atoms with Crippen molar-refractivity contribution in [3.63, 3.8) is 0 Å². The first-order valence-corrected chi connectivity index (χ1v) is 10.5. The lowest BCUT2D eigenvalue weighted by atomic mass is 10.2. The van der Waals surface area contributed by atoms with Gasteiger partial charge in [-0.2, -0.15) is 0 Å². The Bertz CT molecular complexity index is 803. The van der Waals surface area contributed by atoms with Gasteiger partial charge in [-0.1, -0.05) is 31.5 Å². The number of aryl methyl sites for hydroxylation is 1. The highest BCUT2D eigenvalue weighted by Crippen LogP contribution is 2.43. The van der Waals surface area contributed by atoms with Crippen molar-refractivity contribution in [2.75, 3.05) is 16.4 Å². The van der Waals surface area contributed by atoms with Crippen LogP contribution < -0.4 is 10.6 Å². The molecule has 25 heavy (non-hydrogen) atoms. The monoisotopic (exact) mass is 393 g/mol. The second-order valence-corrected chi connectivity index (χ2v) is 8.27. The standard InChI is InChI=1S/C18H20ClN3OS2/c1-3-13-9-14-17(21-15(4-2)22-18(14)25-13)24-10-16(23)20-12-7-5-6-11(19)8-12/h5-9,17H,3-4,10H2,1-2H3,(H,20,23)(H,21,22). The lowest BCUT2D eigenvalue weighted by molar-refractivity contribution is -0.113. The highest BCUT2D eigenvalue weighted by atomic mass is 35.5. The predicted octanol–water partition coefficient (Wildman–Crippen LogP) is 5.57. The highest BCUT2D eigenvalue weighted by Gasteiger charge is 2.24. The van der Waals surface area contributed by atoms with Gasteiger partial charge < -0.3 is 10.6 Å². The Kier molecular flexibility index (Phi) is 6.04. The number of hydrogen-bond donors (Lipinski definition) is 2. The number of anilines is 2. The van der Waals surface area contributed by atoms with Crippen molar-refractivity contribution in [1.82, 2.24) is 0 Å². The van der Waals surface area contributed by atoms with Crippen molar-refractivity contribution >= 4 is 57.1 Å². The summed E-state index contributed by atoms with van der Waals surface area (Å²) in [6.07, 6.45) is 1.86. The summed E-state index contributed by atoms with van der Waals surface area (Å²) in [4.78, 5) is 18.3. The second kappa shape index (κ2) is 8.25. The SMILES string of the molecule is CCC1=NC(SCC(=O)Nc2cccc(Cl)c2)c2cc(CC)sc2N1. The normalized spacial score (nSPS) is 16.0. The van der Waals surface area contributed by atoms with Gasteiger partial charge in [0.15, 0.2) is 0 Å². The van der Waals surface area contributed by atoms with Crippen molar-refractivity contribution < 1.29 is 4.79 Å². The van der Waals surface area contributed by atoms with E-state index in [0.717, 1.165) is 23.7 Å². The van der Waals surface area contributed by atoms with Crippen molar-refractivity contribution in [3.05, 3.63) is 45.8 Å². The molecule has 2 N–H and O–H groups in total. The summed E-state index contributed by atoms with van der Waals surface area (Å²) >= 11 is 9.28. The van der Waals surface area contributed by atoms with E-state index in [4.69, 9.17) is 16.6 Å². The second-order valence-electron chi connectivity index (χ2n) is 5.63. The zero-order chi connectivity index (χ0) is 17.8. The van der Waals surface area contributed by atoms with Crippen molar-refractivity contribution in [3.8, 4) is 0 Å². The number of thioether (sulfide) groups is 1. The van der Waals surface area contributed by atoms with Gasteiger partial charge in [-0.15, -0.1) is 23.1 Å².